The number of hydrogen-bond donors (Lipinski definition) is 0. The Hall–Kier alpha value is -2.10. The first kappa shape index (κ1) is 10.1. The minimum atomic E-state index is -0.367. The summed E-state index contributed by atoms with van der Waals surface area (Å²) in [7, 11) is 0. The van der Waals surface area contributed by atoms with Crippen LogP contribution in [-0.4, -0.2) is 9.55 Å². The maximum atomic E-state index is 11.8. The summed E-state index contributed by atoms with van der Waals surface area (Å²) in [6.07, 6.45) is 2.71. The number of fused-ring (bicyclic) bond motifs is 3. The molecule has 0 amide bonds. The second-order valence-corrected chi connectivity index (χ2v) is 4.02. The van der Waals surface area contributed by atoms with E-state index in [1.807, 2.05) is 22.8 Å². The highest BCUT2D eigenvalue weighted by atomic mass is 16.4. The van der Waals surface area contributed by atoms with Crippen LogP contribution in [0.15, 0.2) is 39.8 Å². The van der Waals surface area contributed by atoms with Gasteiger partial charge < -0.3 is 8.98 Å². The van der Waals surface area contributed by atoms with Crippen molar-refractivity contribution in [2.75, 3.05) is 0 Å². The van der Waals surface area contributed by atoms with Gasteiger partial charge in [0, 0.05) is 11.9 Å². The summed E-state index contributed by atoms with van der Waals surface area (Å²) < 4.78 is 7.24. The van der Waals surface area contributed by atoms with Crippen molar-refractivity contribution in [1.82, 2.24) is 9.55 Å². The second kappa shape index (κ2) is 3.73. The Morgan fingerprint density at radius 2 is 2.18 bits per heavy atom. The van der Waals surface area contributed by atoms with Crippen molar-refractivity contribution in [1.29, 1.82) is 0 Å². The average Bonchev–Trinajstić information content (AvgIpc) is 2.75. The lowest BCUT2D eigenvalue weighted by molar-refractivity contribution is 0.568. The fourth-order valence-corrected chi connectivity index (χ4v) is 2.12. The average molecular weight is 228 g/mol. The normalized spacial score (nSPS) is 11.4. The number of para-hydroxylation sites is 1. The maximum Gasteiger partial charge on any atom is 0.364 e. The van der Waals surface area contributed by atoms with Gasteiger partial charge in [-0.25, -0.2) is 9.78 Å². The number of benzene rings is 1. The Morgan fingerprint density at radius 1 is 1.35 bits per heavy atom. The lowest BCUT2D eigenvalue weighted by Crippen LogP contribution is -2.02. The molecule has 0 N–H and O–H groups in total. The van der Waals surface area contributed by atoms with Crippen LogP contribution in [0.3, 0.4) is 0 Å². The first-order chi connectivity index (χ1) is 8.31. The molecule has 0 saturated heterocycles. The molecule has 1 aromatic carbocycles. The molecule has 0 radical (unpaired) electrons. The smallest absolute Gasteiger partial charge is 0.364 e. The minimum Gasteiger partial charge on any atom is -0.421 e. The lowest BCUT2D eigenvalue weighted by Gasteiger charge is -2.03. The monoisotopic (exact) mass is 228 g/mol. The quantitative estimate of drug-likeness (QED) is 0.633. The van der Waals surface area contributed by atoms with E-state index in [0.29, 0.717) is 11.1 Å². The van der Waals surface area contributed by atoms with Gasteiger partial charge in [0.1, 0.15) is 5.58 Å². The van der Waals surface area contributed by atoms with Gasteiger partial charge in [-0.1, -0.05) is 19.1 Å². The Bertz CT molecular complexity index is 740. The van der Waals surface area contributed by atoms with Crippen LogP contribution in [0.25, 0.3) is 22.0 Å². The molecule has 0 aliphatic carbocycles. The van der Waals surface area contributed by atoms with Crippen molar-refractivity contribution in [3.8, 4) is 0 Å². The molecule has 0 unspecified atom stereocenters. The third kappa shape index (κ3) is 1.45. The van der Waals surface area contributed by atoms with Crippen molar-refractivity contribution in [3.63, 3.8) is 0 Å². The molecule has 0 aliphatic rings. The number of aromatic nitrogens is 2. The van der Waals surface area contributed by atoms with E-state index in [0.717, 1.165) is 23.9 Å². The first-order valence-electron chi connectivity index (χ1n) is 5.68. The van der Waals surface area contributed by atoms with Crippen molar-refractivity contribution < 1.29 is 4.42 Å². The summed E-state index contributed by atoms with van der Waals surface area (Å²) in [6.45, 7) is 2.95. The summed E-state index contributed by atoms with van der Waals surface area (Å²) >= 11 is 0. The molecule has 86 valence electrons. The highest BCUT2D eigenvalue weighted by Crippen LogP contribution is 2.21. The van der Waals surface area contributed by atoms with E-state index >= 15 is 0 Å². The molecular formula is C13H12N2O2. The van der Waals surface area contributed by atoms with E-state index in [1.54, 1.807) is 12.4 Å². The van der Waals surface area contributed by atoms with E-state index in [9.17, 15) is 4.79 Å². The summed E-state index contributed by atoms with van der Waals surface area (Å²) in [6, 6.07) is 7.55. The Balaban J connectivity index is 2.51. The number of rotatable bonds is 2. The van der Waals surface area contributed by atoms with Crippen molar-refractivity contribution in [3.05, 3.63) is 41.0 Å². The van der Waals surface area contributed by atoms with Gasteiger partial charge in [0.2, 0.25) is 0 Å². The lowest BCUT2D eigenvalue weighted by atomic mass is 10.2. The first-order valence-corrected chi connectivity index (χ1v) is 5.68. The van der Waals surface area contributed by atoms with Crippen molar-refractivity contribution >= 4 is 22.0 Å². The number of imidazole rings is 1. The van der Waals surface area contributed by atoms with Crippen LogP contribution >= 0.6 is 0 Å². The Kier molecular flexibility index (Phi) is 2.21. The number of hydrogen-bond acceptors (Lipinski definition) is 3. The van der Waals surface area contributed by atoms with Gasteiger partial charge in [-0.05, 0) is 18.6 Å². The molecular weight excluding hydrogens is 216 g/mol. The van der Waals surface area contributed by atoms with Gasteiger partial charge in [-0.3, -0.25) is 0 Å². The van der Waals surface area contributed by atoms with E-state index in [2.05, 4.69) is 11.9 Å². The van der Waals surface area contributed by atoms with Gasteiger partial charge in [0.25, 0.3) is 0 Å². The second-order valence-electron chi connectivity index (χ2n) is 4.02. The molecule has 3 rings (SSSR count). The Morgan fingerprint density at radius 3 is 3.00 bits per heavy atom. The zero-order chi connectivity index (χ0) is 11.8. The molecule has 0 fully saturated rings. The number of aryl methyl sites for hydroxylation is 1. The van der Waals surface area contributed by atoms with Crippen LogP contribution in [-0.2, 0) is 6.54 Å². The molecule has 0 saturated carbocycles. The van der Waals surface area contributed by atoms with Gasteiger partial charge in [0.15, 0.2) is 5.52 Å². The van der Waals surface area contributed by atoms with E-state index in [-0.39, 0.29) is 5.63 Å². The standard InChI is InChI=1S/C13H12N2O2/c1-2-7-15-8-14-11-12(15)9-5-3-4-6-10(9)17-13(11)16/h3-6,8H,2,7H2,1H3. The van der Waals surface area contributed by atoms with Crippen LogP contribution in [0.1, 0.15) is 13.3 Å². The zero-order valence-corrected chi connectivity index (χ0v) is 9.51. The fourth-order valence-electron chi connectivity index (χ4n) is 2.12. The Labute approximate surface area is 97.5 Å². The van der Waals surface area contributed by atoms with Gasteiger partial charge >= 0.3 is 5.63 Å². The van der Waals surface area contributed by atoms with Crippen LogP contribution in [0.5, 0.6) is 0 Å². The molecule has 4 heteroatoms. The van der Waals surface area contributed by atoms with Crippen molar-refractivity contribution in [2.45, 2.75) is 19.9 Å². The van der Waals surface area contributed by atoms with Crippen LogP contribution in [0.2, 0.25) is 0 Å². The summed E-state index contributed by atoms with van der Waals surface area (Å²) in [5.74, 6) is 0. The number of nitrogens with zero attached hydrogens (tertiary/aromatic N) is 2. The van der Waals surface area contributed by atoms with Crippen LogP contribution < -0.4 is 5.63 Å². The molecule has 2 heterocycles. The molecule has 0 atom stereocenters. The van der Waals surface area contributed by atoms with Gasteiger partial charge in [-0.2, -0.15) is 0 Å². The third-order valence-corrected chi connectivity index (χ3v) is 2.84. The molecule has 0 spiro atoms. The topological polar surface area (TPSA) is 48.0 Å². The van der Waals surface area contributed by atoms with Crippen molar-refractivity contribution in [2.24, 2.45) is 0 Å². The third-order valence-electron chi connectivity index (χ3n) is 2.84. The maximum absolute atomic E-state index is 11.8. The largest absolute Gasteiger partial charge is 0.421 e. The van der Waals surface area contributed by atoms with Crippen LogP contribution in [0, 0.1) is 0 Å². The molecule has 17 heavy (non-hydrogen) atoms. The summed E-state index contributed by atoms with van der Waals surface area (Å²) in [4.78, 5) is 15.9. The van der Waals surface area contributed by atoms with Gasteiger partial charge in [0.05, 0.1) is 11.8 Å². The highest BCUT2D eigenvalue weighted by Gasteiger charge is 2.11. The van der Waals surface area contributed by atoms with Gasteiger partial charge in [-0.15, -0.1) is 0 Å². The molecule has 0 bridgehead atoms. The zero-order valence-electron chi connectivity index (χ0n) is 9.51. The highest BCUT2D eigenvalue weighted by molar-refractivity contribution is 6.00. The van der Waals surface area contributed by atoms with E-state index < -0.39 is 0 Å². The SMILES string of the molecule is CCCn1cnc2c(=O)oc3ccccc3c21. The molecule has 0 aliphatic heterocycles. The van der Waals surface area contributed by atoms with Crippen LogP contribution in [0.4, 0.5) is 0 Å². The van der Waals surface area contributed by atoms with E-state index in [1.165, 1.54) is 0 Å². The van der Waals surface area contributed by atoms with E-state index in [4.69, 9.17) is 4.42 Å². The molecule has 4 nitrogen and oxygen atoms in total. The molecule has 2 aromatic heterocycles. The predicted molar refractivity (Wildman–Crippen MR) is 66.1 cm³/mol. The molecule has 3 aromatic rings. The minimum absolute atomic E-state index is 0.367. The fraction of sp³-hybridized carbons (Fsp3) is 0.231. The summed E-state index contributed by atoms with van der Waals surface area (Å²) in [5.41, 5.74) is 1.53. The predicted octanol–water partition coefficient (Wildman–Crippen LogP) is 2.55. The summed E-state index contributed by atoms with van der Waals surface area (Å²) in [5, 5.41) is 0.938.